The number of nitrogens with one attached hydrogen (secondary N) is 2. The number of benzene rings is 1. The Morgan fingerprint density at radius 2 is 2.05 bits per heavy atom. The number of urea groups is 1. The van der Waals surface area contributed by atoms with Crippen LogP contribution in [0.3, 0.4) is 0 Å². The first-order chi connectivity index (χ1) is 9.54. The van der Waals surface area contributed by atoms with Crippen LogP contribution in [0.2, 0.25) is 0 Å². The van der Waals surface area contributed by atoms with Gasteiger partial charge in [0.05, 0.1) is 17.6 Å². The van der Waals surface area contributed by atoms with Gasteiger partial charge in [0, 0.05) is 4.90 Å². The van der Waals surface area contributed by atoms with Gasteiger partial charge in [-0.25, -0.2) is 4.79 Å². The van der Waals surface area contributed by atoms with Crippen molar-refractivity contribution < 1.29 is 14.7 Å². The van der Waals surface area contributed by atoms with Gasteiger partial charge in [0.1, 0.15) is 0 Å². The van der Waals surface area contributed by atoms with Gasteiger partial charge in [0.25, 0.3) is 0 Å². The van der Waals surface area contributed by atoms with E-state index in [-0.39, 0.29) is 12.5 Å². The molecule has 3 N–H and O–H groups in total. The number of hydrogen-bond donors (Lipinski definition) is 3. The molecular weight excluding hydrogens is 276 g/mol. The van der Waals surface area contributed by atoms with E-state index in [2.05, 4.69) is 10.6 Å². The third-order valence-corrected chi connectivity index (χ3v) is 4.33. The molecule has 0 aromatic heterocycles. The van der Waals surface area contributed by atoms with Crippen LogP contribution in [0.5, 0.6) is 0 Å². The van der Waals surface area contributed by atoms with Crippen LogP contribution in [0.25, 0.3) is 0 Å². The van der Waals surface area contributed by atoms with Crippen molar-refractivity contribution in [1.29, 1.82) is 0 Å². The van der Waals surface area contributed by atoms with E-state index in [1.54, 1.807) is 11.8 Å². The van der Waals surface area contributed by atoms with Crippen LogP contribution < -0.4 is 10.6 Å². The molecule has 2 rings (SSSR count). The minimum absolute atomic E-state index is 0.0232. The first-order valence-electron chi connectivity index (χ1n) is 6.49. The van der Waals surface area contributed by atoms with Crippen molar-refractivity contribution in [3.05, 3.63) is 24.3 Å². The van der Waals surface area contributed by atoms with E-state index in [0.717, 1.165) is 29.8 Å². The first kappa shape index (κ1) is 14.7. The molecule has 0 atom stereocenters. The van der Waals surface area contributed by atoms with Crippen molar-refractivity contribution in [2.45, 2.75) is 36.1 Å². The number of aliphatic carboxylic acids is 1. The van der Waals surface area contributed by atoms with Gasteiger partial charge >= 0.3 is 12.0 Å². The number of rotatable bonds is 5. The summed E-state index contributed by atoms with van der Waals surface area (Å²) in [6.07, 6.45) is 4.31. The Morgan fingerprint density at radius 1 is 1.35 bits per heavy atom. The highest BCUT2D eigenvalue weighted by Crippen LogP contribution is 2.35. The molecule has 1 aliphatic rings. The fourth-order valence-electron chi connectivity index (χ4n) is 2.38. The Hall–Kier alpha value is -1.69. The van der Waals surface area contributed by atoms with Crippen LogP contribution in [-0.4, -0.2) is 28.9 Å². The number of carboxylic acid groups (broad SMARTS) is 1. The predicted molar refractivity (Wildman–Crippen MR) is 79.2 cm³/mol. The number of thioether (sulfide) groups is 1. The summed E-state index contributed by atoms with van der Waals surface area (Å²) in [5.41, 5.74) is 0.159. The van der Waals surface area contributed by atoms with Crippen LogP contribution >= 0.6 is 11.8 Å². The minimum Gasteiger partial charge on any atom is -0.481 e. The predicted octanol–water partition coefficient (Wildman–Crippen LogP) is 2.93. The average molecular weight is 294 g/mol. The molecule has 0 saturated heterocycles. The van der Waals surface area contributed by atoms with E-state index in [9.17, 15) is 9.59 Å². The van der Waals surface area contributed by atoms with Gasteiger partial charge in [-0.3, -0.25) is 4.79 Å². The lowest BCUT2D eigenvalue weighted by Gasteiger charge is -2.41. The van der Waals surface area contributed by atoms with Gasteiger partial charge in [-0.15, -0.1) is 11.8 Å². The highest BCUT2D eigenvalue weighted by Gasteiger charge is 2.40. The molecule has 20 heavy (non-hydrogen) atoms. The Labute approximate surface area is 122 Å². The van der Waals surface area contributed by atoms with Crippen LogP contribution in [0.1, 0.15) is 25.7 Å². The molecule has 1 saturated carbocycles. The quantitative estimate of drug-likeness (QED) is 0.730. The van der Waals surface area contributed by atoms with E-state index in [1.165, 1.54) is 0 Å². The van der Waals surface area contributed by atoms with E-state index >= 15 is 0 Å². The summed E-state index contributed by atoms with van der Waals surface area (Å²) in [5.74, 6) is -0.880. The van der Waals surface area contributed by atoms with Crippen LogP contribution in [0, 0.1) is 0 Å². The lowest BCUT2D eigenvalue weighted by atomic mass is 9.74. The van der Waals surface area contributed by atoms with Crippen molar-refractivity contribution >= 4 is 29.4 Å². The molecule has 0 spiro atoms. The molecule has 0 unspecified atom stereocenters. The van der Waals surface area contributed by atoms with Crippen LogP contribution in [-0.2, 0) is 4.79 Å². The third kappa shape index (κ3) is 3.45. The molecule has 0 bridgehead atoms. The Bertz CT molecular complexity index is 515. The first-order valence-corrected chi connectivity index (χ1v) is 7.71. The third-order valence-electron chi connectivity index (χ3n) is 3.53. The van der Waals surface area contributed by atoms with Crippen LogP contribution in [0.15, 0.2) is 29.2 Å². The zero-order valence-corrected chi connectivity index (χ0v) is 12.1. The van der Waals surface area contributed by atoms with Gasteiger partial charge in [0.2, 0.25) is 0 Å². The van der Waals surface area contributed by atoms with E-state index in [4.69, 9.17) is 5.11 Å². The monoisotopic (exact) mass is 294 g/mol. The second-order valence-corrected chi connectivity index (χ2v) is 5.83. The van der Waals surface area contributed by atoms with E-state index < -0.39 is 11.5 Å². The maximum Gasteiger partial charge on any atom is 0.319 e. The van der Waals surface area contributed by atoms with Gasteiger partial charge < -0.3 is 15.7 Å². The van der Waals surface area contributed by atoms with Crippen LogP contribution in [0.4, 0.5) is 10.5 Å². The Kier molecular flexibility index (Phi) is 4.54. The van der Waals surface area contributed by atoms with Crippen molar-refractivity contribution in [3.8, 4) is 0 Å². The largest absolute Gasteiger partial charge is 0.481 e. The summed E-state index contributed by atoms with van der Waals surface area (Å²) in [6, 6.07) is 7.18. The molecule has 1 aromatic rings. The number of amides is 2. The molecule has 1 fully saturated rings. The molecule has 5 nitrogen and oxygen atoms in total. The highest BCUT2D eigenvalue weighted by molar-refractivity contribution is 7.98. The molecule has 2 amide bonds. The molecule has 108 valence electrons. The van der Waals surface area contributed by atoms with Crippen molar-refractivity contribution in [2.75, 3.05) is 11.6 Å². The molecule has 1 aliphatic carbocycles. The minimum atomic E-state index is -0.880. The summed E-state index contributed by atoms with van der Waals surface area (Å²) in [4.78, 5) is 23.9. The Balaban J connectivity index is 2.00. The molecule has 0 aliphatic heterocycles. The molecule has 1 aromatic carbocycles. The second kappa shape index (κ2) is 6.17. The summed E-state index contributed by atoms with van der Waals surface area (Å²) in [5, 5.41) is 14.5. The summed E-state index contributed by atoms with van der Waals surface area (Å²) >= 11 is 1.55. The zero-order chi connectivity index (χ0) is 14.6. The molecule has 0 radical (unpaired) electrons. The average Bonchev–Trinajstić information content (AvgIpc) is 2.36. The Morgan fingerprint density at radius 3 is 2.60 bits per heavy atom. The number of para-hydroxylation sites is 1. The zero-order valence-electron chi connectivity index (χ0n) is 11.3. The molecule has 6 heteroatoms. The number of anilines is 1. The normalized spacial score (nSPS) is 16.1. The SMILES string of the molecule is CSc1ccccc1NC(=O)NC1(CC(=O)O)CCC1. The van der Waals surface area contributed by atoms with Gasteiger partial charge in [-0.2, -0.15) is 0 Å². The number of hydrogen-bond acceptors (Lipinski definition) is 3. The molecule has 0 heterocycles. The number of carboxylic acids is 1. The lowest BCUT2D eigenvalue weighted by molar-refractivity contribution is -0.139. The smallest absolute Gasteiger partial charge is 0.319 e. The summed E-state index contributed by atoms with van der Waals surface area (Å²) in [7, 11) is 0. The number of carbonyl (C=O) groups excluding carboxylic acids is 1. The lowest BCUT2D eigenvalue weighted by Crippen LogP contribution is -2.55. The maximum atomic E-state index is 12.0. The standard InChI is InChI=1S/C14H18N2O3S/c1-20-11-6-3-2-5-10(11)15-13(19)16-14(7-4-8-14)9-12(17)18/h2-3,5-6H,4,7-9H2,1H3,(H,17,18)(H2,15,16,19). The number of carbonyl (C=O) groups is 2. The highest BCUT2D eigenvalue weighted by atomic mass is 32.2. The van der Waals surface area contributed by atoms with Crippen molar-refractivity contribution in [1.82, 2.24) is 5.32 Å². The second-order valence-electron chi connectivity index (χ2n) is 4.98. The fraction of sp³-hybridized carbons (Fsp3) is 0.429. The van der Waals surface area contributed by atoms with Gasteiger partial charge in [-0.05, 0) is 37.7 Å². The fourth-order valence-corrected chi connectivity index (χ4v) is 2.93. The topological polar surface area (TPSA) is 78.4 Å². The van der Waals surface area contributed by atoms with Crippen molar-refractivity contribution in [3.63, 3.8) is 0 Å². The summed E-state index contributed by atoms with van der Waals surface area (Å²) in [6.45, 7) is 0. The molecular formula is C14H18N2O3S. The van der Waals surface area contributed by atoms with Crippen molar-refractivity contribution in [2.24, 2.45) is 0 Å². The van der Waals surface area contributed by atoms with Gasteiger partial charge in [-0.1, -0.05) is 12.1 Å². The van der Waals surface area contributed by atoms with E-state index in [1.807, 2.05) is 30.5 Å². The maximum absolute atomic E-state index is 12.0. The van der Waals surface area contributed by atoms with Gasteiger partial charge in [0.15, 0.2) is 0 Å². The van der Waals surface area contributed by atoms with E-state index in [0.29, 0.717) is 0 Å². The summed E-state index contributed by atoms with van der Waals surface area (Å²) < 4.78 is 0.